The van der Waals surface area contributed by atoms with Crippen LogP contribution < -0.4 is 16.0 Å². The van der Waals surface area contributed by atoms with Crippen LogP contribution in [0.2, 0.25) is 0 Å². The molecule has 9 nitrogen and oxygen atoms in total. The molecule has 3 aromatic rings. The minimum Gasteiger partial charge on any atom is -0.388 e. The van der Waals surface area contributed by atoms with E-state index in [-0.39, 0.29) is 12.1 Å². The highest BCUT2D eigenvalue weighted by atomic mass is 16.5. The standard InChI is InChI=1S/C30H43N5O2.C7H10N2/c1-10-15-34(7)29(24(5)32-20-23(4)25-11-14-28(31-6)22(3)18-25)33-26-12-13-27(21(2)19-26)30(36)35(8)16-17-37-9;1-6-7(8-2)4-3-5-9-6/h10-15,18-20,29,31,33H,16-17H2,1-9H3;3-5,8H,1-2H3/b15-10-,23-20+,32-24?;. The number of nitrogens with one attached hydrogen (secondary N) is 3. The molecule has 0 aliphatic heterocycles. The number of anilines is 3. The van der Waals surface area contributed by atoms with Gasteiger partial charge < -0.3 is 30.5 Å². The molecule has 248 valence electrons. The first-order chi connectivity index (χ1) is 22.0. The van der Waals surface area contributed by atoms with Crippen LogP contribution in [0.25, 0.3) is 5.57 Å². The Bertz CT molecular complexity index is 1510. The molecule has 3 N–H and O–H groups in total. The van der Waals surface area contributed by atoms with Crippen molar-refractivity contribution in [3.8, 4) is 0 Å². The van der Waals surface area contributed by atoms with Crippen LogP contribution in [0.1, 0.15) is 53.5 Å². The fourth-order valence-corrected chi connectivity index (χ4v) is 4.79. The highest BCUT2D eigenvalue weighted by molar-refractivity contribution is 5.96. The summed E-state index contributed by atoms with van der Waals surface area (Å²) in [5.74, 6) is -0.0139. The third-order valence-corrected chi connectivity index (χ3v) is 7.61. The molecule has 0 aliphatic rings. The summed E-state index contributed by atoms with van der Waals surface area (Å²) in [6.07, 6.45) is 7.56. The zero-order valence-corrected chi connectivity index (χ0v) is 29.5. The number of pyridine rings is 1. The van der Waals surface area contributed by atoms with Crippen molar-refractivity contribution < 1.29 is 9.53 Å². The van der Waals surface area contributed by atoms with Crippen LogP contribution in [0.4, 0.5) is 17.1 Å². The lowest BCUT2D eigenvalue weighted by Crippen LogP contribution is -2.40. The summed E-state index contributed by atoms with van der Waals surface area (Å²) >= 11 is 0. The lowest BCUT2D eigenvalue weighted by molar-refractivity contribution is 0.0743. The summed E-state index contributed by atoms with van der Waals surface area (Å²) < 4.78 is 5.10. The Kier molecular flexibility index (Phi) is 15.5. The van der Waals surface area contributed by atoms with Gasteiger partial charge in [-0.1, -0.05) is 12.1 Å². The van der Waals surface area contributed by atoms with Gasteiger partial charge in [-0.05, 0) is 112 Å². The van der Waals surface area contributed by atoms with E-state index >= 15 is 0 Å². The van der Waals surface area contributed by atoms with Crippen LogP contribution in [-0.4, -0.2) is 81.0 Å². The Hall–Kier alpha value is -4.63. The first-order valence-electron chi connectivity index (χ1n) is 15.5. The second kappa shape index (κ2) is 19.0. The molecule has 0 fully saturated rings. The van der Waals surface area contributed by atoms with Gasteiger partial charge >= 0.3 is 0 Å². The zero-order chi connectivity index (χ0) is 34.2. The Labute approximate surface area is 276 Å². The number of carbonyl (C=O) groups excluding carboxylic acids is 1. The minimum absolute atomic E-state index is 0.0139. The Morgan fingerprint density at radius 3 is 2.28 bits per heavy atom. The van der Waals surface area contributed by atoms with Gasteiger partial charge in [-0.15, -0.1) is 0 Å². The molecule has 46 heavy (non-hydrogen) atoms. The molecule has 2 aromatic carbocycles. The van der Waals surface area contributed by atoms with Gasteiger partial charge in [-0.25, -0.2) is 0 Å². The van der Waals surface area contributed by atoms with Gasteiger partial charge in [-0.2, -0.15) is 0 Å². The molecule has 3 rings (SSSR count). The second-order valence-corrected chi connectivity index (χ2v) is 11.2. The first-order valence-corrected chi connectivity index (χ1v) is 15.5. The molecule has 0 radical (unpaired) electrons. The number of aryl methyl sites for hydroxylation is 3. The molecular formula is C37H53N7O2. The second-order valence-electron chi connectivity index (χ2n) is 11.2. The molecule has 1 amide bonds. The van der Waals surface area contributed by atoms with E-state index in [9.17, 15) is 4.79 Å². The number of rotatable bonds is 13. The van der Waals surface area contributed by atoms with Crippen LogP contribution in [0, 0.1) is 20.8 Å². The normalized spacial score (nSPS) is 12.2. The van der Waals surface area contributed by atoms with E-state index in [1.54, 1.807) is 25.3 Å². The summed E-state index contributed by atoms with van der Waals surface area (Å²) in [7, 11) is 9.27. The number of likely N-dealkylation sites (N-methyl/N-ethyl adjacent to an activating group) is 1. The molecule has 1 unspecified atom stereocenters. The van der Waals surface area contributed by atoms with Gasteiger partial charge in [0.2, 0.25) is 0 Å². The quantitative estimate of drug-likeness (QED) is 0.136. The van der Waals surface area contributed by atoms with E-state index in [1.165, 1.54) is 5.56 Å². The van der Waals surface area contributed by atoms with Gasteiger partial charge in [0.15, 0.2) is 0 Å². The number of aliphatic imine (C=N–C) groups is 1. The molecule has 0 saturated carbocycles. The van der Waals surface area contributed by atoms with Crippen molar-refractivity contribution in [2.24, 2.45) is 4.99 Å². The third kappa shape index (κ3) is 11.1. The summed E-state index contributed by atoms with van der Waals surface area (Å²) in [6, 6.07) is 16.1. The maximum atomic E-state index is 12.8. The average Bonchev–Trinajstić information content (AvgIpc) is 3.05. The molecule has 9 heteroatoms. The van der Waals surface area contributed by atoms with Gasteiger partial charge in [0.05, 0.1) is 23.7 Å². The van der Waals surface area contributed by atoms with Crippen LogP contribution in [0.15, 0.2) is 78.2 Å². The van der Waals surface area contributed by atoms with E-state index < -0.39 is 0 Å². The van der Waals surface area contributed by atoms with Crippen molar-refractivity contribution in [2.75, 3.05) is 64.4 Å². The summed E-state index contributed by atoms with van der Waals surface area (Å²) in [6.45, 7) is 13.2. The number of aromatic nitrogens is 1. The van der Waals surface area contributed by atoms with Crippen molar-refractivity contribution >= 4 is 34.3 Å². The molecule has 0 bridgehead atoms. The number of hydrogen-bond donors (Lipinski definition) is 3. The zero-order valence-electron chi connectivity index (χ0n) is 29.5. The fourth-order valence-electron chi connectivity index (χ4n) is 4.79. The van der Waals surface area contributed by atoms with Crippen LogP contribution in [0.5, 0.6) is 0 Å². The van der Waals surface area contributed by atoms with Gasteiger partial charge in [-0.3, -0.25) is 14.8 Å². The Balaban J connectivity index is 0.000000700. The predicted molar refractivity (Wildman–Crippen MR) is 196 cm³/mol. The number of hydrogen-bond acceptors (Lipinski definition) is 8. The molecule has 1 heterocycles. The number of ether oxygens (including phenoxy) is 1. The largest absolute Gasteiger partial charge is 0.388 e. The van der Waals surface area contributed by atoms with E-state index in [2.05, 4.69) is 57.9 Å². The molecular weight excluding hydrogens is 574 g/mol. The van der Waals surface area contributed by atoms with E-state index in [0.717, 1.165) is 45.2 Å². The SMILES string of the molecule is C/C=C\N(C)C(Nc1ccc(C(=O)N(C)CCOC)c(C)c1)C(C)=N/C=C(\C)c1ccc(NC)c(C)c1.CNc1cccnc1C. The van der Waals surface area contributed by atoms with Gasteiger partial charge in [0.1, 0.15) is 6.17 Å². The highest BCUT2D eigenvalue weighted by Crippen LogP contribution is 2.22. The fraction of sp³-hybridized carbons (Fsp3) is 0.378. The number of allylic oxidation sites excluding steroid dienone is 2. The third-order valence-electron chi connectivity index (χ3n) is 7.61. The minimum atomic E-state index is -0.168. The van der Waals surface area contributed by atoms with Crippen LogP contribution >= 0.6 is 0 Å². The van der Waals surface area contributed by atoms with Crippen molar-refractivity contribution in [3.63, 3.8) is 0 Å². The number of amides is 1. The smallest absolute Gasteiger partial charge is 0.253 e. The van der Waals surface area contributed by atoms with Gasteiger partial charge in [0.25, 0.3) is 5.91 Å². The monoisotopic (exact) mass is 627 g/mol. The highest BCUT2D eigenvalue weighted by Gasteiger charge is 2.18. The van der Waals surface area contributed by atoms with E-state index in [0.29, 0.717) is 18.7 Å². The number of carbonyl (C=O) groups is 1. The summed E-state index contributed by atoms with van der Waals surface area (Å²) in [4.78, 5) is 25.5. The summed E-state index contributed by atoms with van der Waals surface area (Å²) in [5.41, 5.74) is 10.1. The van der Waals surface area contributed by atoms with Crippen molar-refractivity contribution in [3.05, 3.63) is 101 Å². The number of nitrogens with zero attached hydrogens (tertiary/aromatic N) is 4. The molecule has 1 atom stereocenters. The average molecular weight is 628 g/mol. The topological polar surface area (TPSA) is 94.1 Å². The number of methoxy groups -OCH3 is 1. The first kappa shape index (κ1) is 37.6. The molecule has 0 aliphatic carbocycles. The van der Waals surface area contributed by atoms with Crippen LogP contribution in [-0.2, 0) is 4.74 Å². The Morgan fingerprint density at radius 1 is 1.00 bits per heavy atom. The van der Waals surface area contributed by atoms with Crippen molar-refractivity contribution in [1.29, 1.82) is 0 Å². The number of benzene rings is 2. The lowest BCUT2D eigenvalue weighted by atomic mass is 10.0. The maximum absolute atomic E-state index is 12.8. The van der Waals surface area contributed by atoms with E-state index in [1.807, 2.05) is 97.6 Å². The van der Waals surface area contributed by atoms with E-state index in [4.69, 9.17) is 9.73 Å². The Morgan fingerprint density at radius 2 is 1.72 bits per heavy atom. The molecule has 0 saturated heterocycles. The van der Waals surface area contributed by atoms with Crippen molar-refractivity contribution in [2.45, 2.75) is 47.7 Å². The van der Waals surface area contributed by atoms with Gasteiger partial charge in [0, 0.05) is 71.2 Å². The molecule has 1 aromatic heterocycles. The van der Waals surface area contributed by atoms with Crippen molar-refractivity contribution in [1.82, 2.24) is 14.8 Å². The van der Waals surface area contributed by atoms with Crippen LogP contribution in [0.3, 0.4) is 0 Å². The maximum Gasteiger partial charge on any atom is 0.253 e. The lowest BCUT2D eigenvalue weighted by Gasteiger charge is -2.29. The predicted octanol–water partition coefficient (Wildman–Crippen LogP) is 7.22. The molecule has 0 spiro atoms. The summed E-state index contributed by atoms with van der Waals surface area (Å²) in [5, 5.41) is 9.82.